The summed E-state index contributed by atoms with van der Waals surface area (Å²) in [5.41, 5.74) is -1.37. The highest BCUT2D eigenvalue weighted by Gasteiger charge is 2.21. The fourth-order valence-corrected chi connectivity index (χ4v) is 1.05. The minimum absolute atomic E-state index is 0.598. The second-order valence-electron chi connectivity index (χ2n) is 2.59. The van der Waals surface area contributed by atoms with E-state index in [0.29, 0.717) is 6.07 Å². The molecule has 4 nitrogen and oxygen atoms in total. The molecule has 1 aromatic rings. The van der Waals surface area contributed by atoms with E-state index in [0.717, 1.165) is 6.07 Å². The molecule has 0 radical (unpaired) electrons. The van der Waals surface area contributed by atoms with Gasteiger partial charge in [0.2, 0.25) is 0 Å². The van der Waals surface area contributed by atoms with Crippen LogP contribution in [0.2, 0.25) is 0 Å². The van der Waals surface area contributed by atoms with Crippen molar-refractivity contribution in [1.82, 2.24) is 0 Å². The van der Waals surface area contributed by atoms with Crippen LogP contribution < -0.4 is 4.74 Å². The minimum Gasteiger partial charge on any atom is -0.478 e. The number of halogens is 3. The Hall–Kier alpha value is -2.23. The molecule has 0 aliphatic carbocycles. The number of rotatable bonds is 3. The number of aromatic carboxylic acids is 1. The SMILES string of the molecule is N#Cc1c(C(=O)O)ccc(F)c1OC(F)F. The van der Waals surface area contributed by atoms with E-state index in [-0.39, 0.29) is 0 Å². The summed E-state index contributed by atoms with van der Waals surface area (Å²) in [7, 11) is 0. The Bertz CT molecular complexity index is 468. The Morgan fingerprint density at radius 2 is 2.12 bits per heavy atom. The van der Waals surface area contributed by atoms with E-state index in [4.69, 9.17) is 10.4 Å². The molecule has 0 saturated heterocycles. The first-order valence-electron chi connectivity index (χ1n) is 3.88. The lowest BCUT2D eigenvalue weighted by Crippen LogP contribution is -2.09. The van der Waals surface area contributed by atoms with Gasteiger partial charge in [0, 0.05) is 0 Å². The molecule has 0 aliphatic heterocycles. The Morgan fingerprint density at radius 3 is 2.56 bits per heavy atom. The molecule has 0 saturated carbocycles. The molecule has 0 heterocycles. The summed E-state index contributed by atoms with van der Waals surface area (Å²) in [5, 5.41) is 17.2. The van der Waals surface area contributed by atoms with Gasteiger partial charge in [0.25, 0.3) is 0 Å². The Kier molecular flexibility index (Phi) is 3.35. The Balaban J connectivity index is 3.40. The minimum atomic E-state index is -3.34. The summed E-state index contributed by atoms with van der Waals surface area (Å²) in [4.78, 5) is 10.6. The van der Waals surface area contributed by atoms with Crippen LogP contribution in [-0.2, 0) is 0 Å². The molecule has 1 aromatic carbocycles. The number of ether oxygens (including phenoxy) is 1. The molecular formula is C9H4F3NO3. The number of alkyl halides is 2. The van der Waals surface area contributed by atoms with Crippen LogP contribution in [0.4, 0.5) is 13.2 Å². The fourth-order valence-electron chi connectivity index (χ4n) is 1.05. The van der Waals surface area contributed by atoms with Gasteiger partial charge in [0.1, 0.15) is 11.6 Å². The first kappa shape index (κ1) is 11.8. The summed E-state index contributed by atoms with van der Waals surface area (Å²) in [6, 6.07) is 2.75. The number of carboxylic acids is 1. The molecule has 1 N–H and O–H groups in total. The van der Waals surface area contributed by atoms with Crippen LogP contribution in [0.1, 0.15) is 15.9 Å². The highest BCUT2D eigenvalue weighted by molar-refractivity contribution is 5.91. The number of carboxylic acid groups (broad SMARTS) is 1. The van der Waals surface area contributed by atoms with Crippen molar-refractivity contribution in [3.8, 4) is 11.8 Å². The van der Waals surface area contributed by atoms with Crippen LogP contribution in [0.25, 0.3) is 0 Å². The van der Waals surface area contributed by atoms with Crippen molar-refractivity contribution in [2.75, 3.05) is 0 Å². The van der Waals surface area contributed by atoms with E-state index in [1.54, 1.807) is 0 Å². The van der Waals surface area contributed by atoms with E-state index in [1.165, 1.54) is 6.07 Å². The first-order valence-corrected chi connectivity index (χ1v) is 3.88. The lowest BCUT2D eigenvalue weighted by atomic mass is 10.1. The number of nitrogens with zero attached hydrogens (tertiary/aromatic N) is 1. The van der Waals surface area contributed by atoms with Crippen molar-refractivity contribution in [3.05, 3.63) is 29.1 Å². The highest BCUT2D eigenvalue weighted by Crippen LogP contribution is 2.27. The zero-order valence-electron chi connectivity index (χ0n) is 7.58. The quantitative estimate of drug-likeness (QED) is 0.863. The molecule has 0 bridgehead atoms. The number of benzene rings is 1. The predicted molar refractivity (Wildman–Crippen MR) is 44.7 cm³/mol. The standard InChI is InChI=1S/C9H4F3NO3/c10-6-2-1-4(8(14)15)5(3-13)7(6)16-9(11)12/h1-2,9H,(H,14,15). The van der Waals surface area contributed by atoms with Crippen LogP contribution in [0.15, 0.2) is 12.1 Å². The molecule has 1 rings (SSSR count). The van der Waals surface area contributed by atoms with Crippen molar-refractivity contribution in [3.63, 3.8) is 0 Å². The van der Waals surface area contributed by atoms with Gasteiger partial charge in [-0.1, -0.05) is 0 Å². The molecule has 0 aliphatic rings. The molecule has 0 fully saturated rings. The van der Waals surface area contributed by atoms with E-state index in [1.807, 2.05) is 0 Å². The summed E-state index contributed by atoms with van der Waals surface area (Å²) < 4.78 is 40.6. The lowest BCUT2D eigenvalue weighted by Gasteiger charge is -2.08. The zero-order chi connectivity index (χ0) is 12.3. The van der Waals surface area contributed by atoms with Gasteiger partial charge in [-0.15, -0.1) is 0 Å². The average Bonchev–Trinajstić information content (AvgIpc) is 2.19. The second kappa shape index (κ2) is 4.53. The third-order valence-corrected chi connectivity index (χ3v) is 1.66. The van der Waals surface area contributed by atoms with Gasteiger partial charge in [-0.3, -0.25) is 0 Å². The van der Waals surface area contributed by atoms with E-state index >= 15 is 0 Å². The zero-order valence-corrected chi connectivity index (χ0v) is 7.58. The van der Waals surface area contributed by atoms with Crippen LogP contribution in [0, 0.1) is 17.1 Å². The van der Waals surface area contributed by atoms with Gasteiger partial charge in [-0.2, -0.15) is 14.0 Å². The maximum atomic E-state index is 13.0. The largest absolute Gasteiger partial charge is 0.478 e. The summed E-state index contributed by atoms with van der Waals surface area (Å²) in [5.74, 6) is -3.81. The Labute approximate surface area is 87.5 Å². The molecule has 0 unspecified atom stereocenters. The van der Waals surface area contributed by atoms with Gasteiger partial charge in [0.15, 0.2) is 11.6 Å². The van der Waals surface area contributed by atoms with Crippen LogP contribution in [0.5, 0.6) is 5.75 Å². The molecule has 16 heavy (non-hydrogen) atoms. The van der Waals surface area contributed by atoms with Gasteiger partial charge in [0.05, 0.1) is 5.56 Å². The average molecular weight is 231 g/mol. The molecule has 0 amide bonds. The van der Waals surface area contributed by atoms with Crippen molar-refractivity contribution in [2.45, 2.75) is 6.61 Å². The fraction of sp³-hybridized carbons (Fsp3) is 0.111. The predicted octanol–water partition coefficient (Wildman–Crippen LogP) is 2.00. The van der Waals surface area contributed by atoms with E-state index < -0.39 is 35.3 Å². The third kappa shape index (κ3) is 2.23. The van der Waals surface area contributed by atoms with E-state index in [9.17, 15) is 18.0 Å². The monoisotopic (exact) mass is 231 g/mol. The van der Waals surface area contributed by atoms with Crippen molar-refractivity contribution < 1.29 is 27.8 Å². The highest BCUT2D eigenvalue weighted by atomic mass is 19.3. The van der Waals surface area contributed by atoms with Crippen LogP contribution >= 0.6 is 0 Å². The number of hydrogen-bond acceptors (Lipinski definition) is 3. The van der Waals surface area contributed by atoms with Crippen LogP contribution in [-0.4, -0.2) is 17.7 Å². The maximum Gasteiger partial charge on any atom is 0.387 e. The third-order valence-electron chi connectivity index (χ3n) is 1.66. The molecule has 84 valence electrons. The van der Waals surface area contributed by atoms with Crippen molar-refractivity contribution in [1.29, 1.82) is 5.26 Å². The van der Waals surface area contributed by atoms with Gasteiger partial charge >= 0.3 is 12.6 Å². The van der Waals surface area contributed by atoms with Crippen molar-refractivity contribution >= 4 is 5.97 Å². The second-order valence-corrected chi connectivity index (χ2v) is 2.59. The summed E-state index contributed by atoms with van der Waals surface area (Å²) in [6.07, 6.45) is 0. The molecule has 0 atom stereocenters. The topological polar surface area (TPSA) is 70.3 Å². The first-order chi connectivity index (χ1) is 7.47. The Morgan fingerprint density at radius 1 is 1.50 bits per heavy atom. The van der Waals surface area contributed by atoms with Gasteiger partial charge < -0.3 is 9.84 Å². The molecule has 0 aromatic heterocycles. The van der Waals surface area contributed by atoms with Crippen LogP contribution in [0.3, 0.4) is 0 Å². The lowest BCUT2D eigenvalue weighted by molar-refractivity contribution is -0.0524. The summed E-state index contributed by atoms with van der Waals surface area (Å²) in [6.45, 7) is -3.34. The number of carbonyl (C=O) groups is 1. The molecule has 0 spiro atoms. The maximum absolute atomic E-state index is 13.0. The normalized spacial score (nSPS) is 9.94. The number of hydrogen-bond donors (Lipinski definition) is 1. The summed E-state index contributed by atoms with van der Waals surface area (Å²) >= 11 is 0. The molecular weight excluding hydrogens is 227 g/mol. The molecule has 7 heteroatoms. The van der Waals surface area contributed by atoms with Gasteiger partial charge in [-0.25, -0.2) is 9.18 Å². The smallest absolute Gasteiger partial charge is 0.387 e. The van der Waals surface area contributed by atoms with Crippen molar-refractivity contribution in [2.24, 2.45) is 0 Å². The van der Waals surface area contributed by atoms with E-state index in [2.05, 4.69) is 4.74 Å². The van der Waals surface area contributed by atoms with Gasteiger partial charge in [-0.05, 0) is 12.1 Å². The number of nitriles is 1.